The number of carbonyl (C=O) groups is 1. The summed E-state index contributed by atoms with van der Waals surface area (Å²) in [6.07, 6.45) is 0. The van der Waals surface area contributed by atoms with Crippen LogP contribution in [0.3, 0.4) is 0 Å². The Bertz CT molecular complexity index is 911. The molecule has 0 radical (unpaired) electrons. The van der Waals surface area contributed by atoms with Gasteiger partial charge in [-0.3, -0.25) is 4.90 Å². The molecule has 1 heterocycles. The number of aryl methyl sites for hydroxylation is 1. The van der Waals surface area contributed by atoms with Gasteiger partial charge in [-0.05, 0) is 42.3 Å². The molecule has 2 aromatic carbocycles. The lowest BCUT2D eigenvalue weighted by Crippen LogP contribution is -2.35. The molecule has 3 rings (SSSR count). The van der Waals surface area contributed by atoms with Crippen LogP contribution in [0.15, 0.2) is 66.7 Å². The van der Waals surface area contributed by atoms with E-state index in [-0.39, 0.29) is 12.4 Å². The van der Waals surface area contributed by atoms with Gasteiger partial charge in [-0.2, -0.15) is 0 Å². The molecule has 0 atom stereocenters. The quantitative estimate of drug-likeness (QED) is 0.773. The molecule has 0 aliphatic heterocycles. The topological polar surface area (TPSA) is 59.2 Å². The van der Waals surface area contributed by atoms with Gasteiger partial charge in [-0.15, -0.1) is 0 Å². The second-order valence-electron chi connectivity index (χ2n) is 5.75. The first-order valence-electron chi connectivity index (χ1n) is 7.89. The lowest BCUT2D eigenvalue weighted by Gasteiger charge is -2.20. The molecule has 3 aromatic rings. The minimum Gasteiger partial charge on any atom is -0.351 e. The van der Waals surface area contributed by atoms with E-state index >= 15 is 0 Å². The molecule has 4 nitrogen and oxygen atoms in total. The van der Waals surface area contributed by atoms with E-state index in [1.165, 1.54) is 17.0 Å². The summed E-state index contributed by atoms with van der Waals surface area (Å²) in [5.41, 5.74) is 8.99. The molecule has 25 heavy (non-hydrogen) atoms. The number of urea groups is 1. The van der Waals surface area contributed by atoms with E-state index in [2.05, 4.69) is 4.98 Å². The molecule has 0 unspecified atom stereocenters. The van der Waals surface area contributed by atoms with E-state index in [0.29, 0.717) is 11.4 Å². The number of amides is 2. The van der Waals surface area contributed by atoms with Crippen molar-refractivity contribution in [3.8, 4) is 11.3 Å². The van der Waals surface area contributed by atoms with E-state index in [0.717, 1.165) is 16.8 Å². The molecule has 5 heteroatoms. The summed E-state index contributed by atoms with van der Waals surface area (Å²) < 4.78 is 13.4. The normalized spacial score (nSPS) is 10.5. The maximum atomic E-state index is 13.4. The molecule has 0 bridgehead atoms. The highest BCUT2D eigenvalue weighted by Crippen LogP contribution is 2.24. The molecular formula is C20H18FN3O. The average Bonchev–Trinajstić information content (AvgIpc) is 2.60. The number of nitrogens with zero attached hydrogens (tertiary/aromatic N) is 2. The van der Waals surface area contributed by atoms with Crippen molar-refractivity contribution in [3.63, 3.8) is 0 Å². The zero-order valence-corrected chi connectivity index (χ0v) is 13.8. The molecule has 2 amide bonds. The van der Waals surface area contributed by atoms with Crippen LogP contribution in [-0.4, -0.2) is 11.0 Å². The van der Waals surface area contributed by atoms with Crippen LogP contribution < -0.4 is 10.6 Å². The summed E-state index contributed by atoms with van der Waals surface area (Å²) >= 11 is 0. The van der Waals surface area contributed by atoms with Crippen LogP contribution in [0, 0.1) is 12.7 Å². The van der Waals surface area contributed by atoms with Crippen LogP contribution in [0.5, 0.6) is 0 Å². The number of anilines is 1. The Kier molecular flexibility index (Phi) is 4.75. The molecular weight excluding hydrogens is 317 g/mol. The first-order chi connectivity index (χ1) is 12.0. The first kappa shape index (κ1) is 16.6. The second-order valence-corrected chi connectivity index (χ2v) is 5.75. The summed E-state index contributed by atoms with van der Waals surface area (Å²) in [5, 5.41) is 0. The van der Waals surface area contributed by atoms with Gasteiger partial charge in [0.1, 0.15) is 11.6 Å². The first-order valence-corrected chi connectivity index (χ1v) is 7.89. The third-order valence-electron chi connectivity index (χ3n) is 3.93. The molecule has 0 saturated carbocycles. The van der Waals surface area contributed by atoms with E-state index in [9.17, 15) is 9.18 Å². The predicted octanol–water partition coefficient (Wildman–Crippen LogP) is 4.28. The van der Waals surface area contributed by atoms with Crippen LogP contribution in [-0.2, 0) is 6.54 Å². The predicted molar refractivity (Wildman–Crippen MR) is 96.6 cm³/mol. The standard InChI is InChI=1S/C20H18FN3O/c1-14-6-2-3-9-17(14)18-10-5-11-19(23-18)24(20(22)25)13-15-7-4-8-16(21)12-15/h2-12H,13H2,1H3,(H2,22,25). The van der Waals surface area contributed by atoms with Crippen LogP contribution in [0.4, 0.5) is 15.0 Å². The molecule has 0 fully saturated rings. The van der Waals surface area contributed by atoms with Crippen molar-refractivity contribution < 1.29 is 9.18 Å². The van der Waals surface area contributed by atoms with Crippen molar-refractivity contribution in [3.05, 3.63) is 83.7 Å². The maximum Gasteiger partial charge on any atom is 0.320 e. The lowest BCUT2D eigenvalue weighted by atomic mass is 10.1. The van der Waals surface area contributed by atoms with Crippen molar-refractivity contribution in [2.45, 2.75) is 13.5 Å². The fourth-order valence-electron chi connectivity index (χ4n) is 2.67. The Morgan fingerprint density at radius 3 is 2.56 bits per heavy atom. The van der Waals surface area contributed by atoms with E-state index in [1.807, 2.05) is 43.3 Å². The van der Waals surface area contributed by atoms with Crippen molar-refractivity contribution in [2.24, 2.45) is 5.73 Å². The maximum absolute atomic E-state index is 13.4. The Morgan fingerprint density at radius 2 is 1.84 bits per heavy atom. The molecule has 0 aliphatic carbocycles. The van der Waals surface area contributed by atoms with Gasteiger partial charge >= 0.3 is 6.03 Å². The van der Waals surface area contributed by atoms with E-state index in [1.54, 1.807) is 18.2 Å². The fraction of sp³-hybridized carbons (Fsp3) is 0.100. The monoisotopic (exact) mass is 335 g/mol. The number of nitrogens with two attached hydrogens (primary N) is 1. The Hall–Kier alpha value is -3.21. The third kappa shape index (κ3) is 3.83. The molecule has 2 N–H and O–H groups in total. The van der Waals surface area contributed by atoms with Crippen LogP contribution in [0.2, 0.25) is 0 Å². The number of aromatic nitrogens is 1. The SMILES string of the molecule is Cc1ccccc1-c1cccc(N(Cc2cccc(F)c2)C(N)=O)n1. The van der Waals surface area contributed by atoms with E-state index < -0.39 is 6.03 Å². The number of benzene rings is 2. The number of halogens is 1. The molecule has 0 spiro atoms. The summed E-state index contributed by atoms with van der Waals surface area (Å²) in [6, 6.07) is 18.7. The third-order valence-corrected chi connectivity index (χ3v) is 3.93. The number of primary amides is 1. The van der Waals surface area contributed by atoms with Crippen molar-refractivity contribution >= 4 is 11.8 Å². The smallest absolute Gasteiger partial charge is 0.320 e. The van der Waals surface area contributed by atoms with Crippen LogP contribution in [0.1, 0.15) is 11.1 Å². The second kappa shape index (κ2) is 7.13. The fourth-order valence-corrected chi connectivity index (χ4v) is 2.67. The van der Waals surface area contributed by atoms with Gasteiger partial charge in [0.2, 0.25) is 0 Å². The lowest BCUT2D eigenvalue weighted by molar-refractivity contribution is 0.253. The number of carbonyl (C=O) groups excluding carboxylic acids is 1. The molecule has 126 valence electrons. The Balaban J connectivity index is 1.96. The average molecular weight is 335 g/mol. The zero-order chi connectivity index (χ0) is 17.8. The Morgan fingerprint density at radius 1 is 1.08 bits per heavy atom. The van der Waals surface area contributed by atoms with Gasteiger partial charge < -0.3 is 5.73 Å². The number of hydrogen-bond donors (Lipinski definition) is 1. The Labute approximate surface area is 145 Å². The van der Waals surface area contributed by atoms with E-state index in [4.69, 9.17) is 5.73 Å². The summed E-state index contributed by atoms with van der Waals surface area (Å²) in [4.78, 5) is 17.8. The summed E-state index contributed by atoms with van der Waals surface area (Å²) in [7, 11) is 0. The summed E-state index contributed by atoms with van der Waals surface area (Å²) in [5.74, 6) is 0.0704. The highest BCUT2D eigenvalue weighted by molar-refractivity contribution is 5.89. The van der Waals surface area contributed by atoms with Crippen LogP contribution in [0.25, 0.3) is 11.3 Å². The van der Waals surface area contributed by atoms with Crippen molar-refractivity contribution in [1.82, 2.24) is 4.98 Å². The van der Waals surface area contributed by atoms with Crippen molar-refractivity contribution in [2.75, 3.05) is 4.90 Å². The minimum atomic E-state index is -0.640. The number of rotatable bonds is 4. The zero-order valence-electron chi connectivity index (χ0n) is 13.8. The molecule has 0 aliphatic rings. The van der Waals surface area contributed by atoms with Gasteiger partial charge in [0.25, 0.3) is 0 Å². The van der Waals surface area contributed by atoms with Gasteiger partial charge in [-0.1, -0.05) is 42.5 Å². The highest BCUT2D eigenvalue weighted by atomic mass is 19.1. The van der Waals surface area contributed by atoms with Gasteiger partial charge in [-0.25, -0.2) is 14.2 Å². The van der Waals surface area contributed by atoms with Gasteiger partial charge in [0.05, 0.1) is 12.2 Å². The minimum absolute atomic E-state index is 0.150. The van der Waals surface area contributed by atoms with Crippen LogP contribution >= 0.6 is 0 Å². The number of pyridine rings is 1. The summed E-state index contributed by atoms with van der Waals surface area (Å²) in [6.45, 7) is 2.15. The van der Waals surface area contributed by atoms with Crippen molar-refractivity contribution in [1.29, 1.82) is 0 Å². The largest absolute Gasteiger partial charge is 0.351 e. The highest BCUT2D eigenvalue weighted by Gasteiger charge is 2.16. The molecule has 1 aromatic heterocycles. The van der Waals surface area contributed by atoms with Gasteiger partial charge in [0, 0.05) is 5.56 Å². The number of hydrogen-bond acceptors (Lipinski definition) is 2. The van der Waals surface area contributed by atoms with Gasteiger partial charge in [0.15, 0.2) is 0 Å². The molecule has 0 saturated heterocycles.